The highest BCUT2D eigenvalue weighted by molar-refractivity contribution is 5.54. The van der Waals surface area contributed by atoms with Crippen molar-refractivity contribution in [3.05, 3.63) is 65.7 Å². The van der Waals surface area contributed by atoms with E-state index in [1.807, 2.05) is 18.2 Å². The van der Waals surface area contributed by atoms with Gasteiger partial charge in [-0.15, -0.1) is 0 Å². The van der Waals surface area contributed by atoms with Gasteiger partial charge < -0.3 is 10.2 Å². The van der Waals surface area contributed by atoms with Gasteiger partial charge in [0.15, 0.2) is 0 Å². The Morgan fingerprint density at radius 1 is 1.05 bits per heavy atom. The van der Waals surface area contributed by atoms with Gasteiger partial charge in [-0.2, -0.15) is 0 Å². The number of rotatable bonds is 4. The molecule has 0 aliphatic carbocycles. The molecule has 0 spiro atoms. The van der Waals surface area contributed by atoms with E-state index < -0.39 is 0 Å². The molecule has 0 bridgehead atoms. The van der Waals surface area contributed by atoms with Crippen LogP contribution in [0.25, 0.3) is 0 Å². The monoisotopic (exact) mass is 284 g/mol. The third kappa shape index (κ3) is 3.42. The zero-order valence-electron chi connectivity index (χ0n) is 12.1. The molecule has 1 N–H and O–H groups in total. The molecule has 1 atom stereocenters. The number of halogens is 1. The molecule has 3 rings (SSSR count). The Morgan fingerprint density at radius 2 is 1.81 bits per heavy atom. The molecule has 0 saturated heterocycles. The first-order valence-electron chi connectivity index (χ1n) is 7.53. The zero-order valence-corrected chi connectivity index (χ0v) is 12.1. The molecule has 1 heterocycles. The number of alkyl halides is 1. The summed E-state index contributed by atoms with van der Waals surface area (Å²) < 4.78 is 12.9. The summed E-state index contributed by atoms with van der Waals surface area (Å²) in [5.74, 6) is 0. The van der Waals surface area contributed by atoms with E-state index in [0.717, 1.165) is 19.5 Å². The van der Waals surface area contributed by atoms with Crippen LogP contribution in [0.4, 0.5) is 10.1 Å². The summed E-state index contributed by atoms with van der Waals surface area (Å²) in [6, 6.07) is 19.1. The van der Waals surface area contributed by atoms with Crippen molar-refractivity contribution in [1.29, 1.82) is 0 Å². The third-order valence-corrected chi connectivity index (χ3v) is 4.03. The number of fused-ring (bicyclic) bond motifs is 1. The van der Waals surface area contributed by atoms with Gasteiger partial charge in [-0.05, 0) is 23.6 Å². The molecular formula is C18H21FN2. The lowest BCUT2D eigenvalue weighted by molar-refractivity contribution is 0.467. The van der Waals surface area contributed by atoms with Crippen molar-refractivity contribution in [1.82, 2.24) is 5.32 Å². The Hall–Kier alpha value is -1.87. The molecule has 21 heavy (non-hydrogen) atoms. The minimum atomic E-state index is -0.313. The highest BCUT2D eigenvalue weighted by Gasteiger charge is 2.21. The number of para-hydroxylation sites is 1. The van der Waals surface area contributed by atoms with Crippen molar-refractivity contribution >= 4 is 5.69 Å². The number of hydrogen-bond donors (Lipinski definition) is 1. The van der Waals surface area contributed by atoms with Crippen LogP contribution in [0.5, 0.6) is 0 Å². The van der Waals surface area contributed by atoms with Crippen LogP contribution in [0, 0.1) is 0 Å². The van der Waals surface area contributed by atoms with E-state index in [-0.39, 0.29) is 6.67 Å². The van der Waals surface area contributed by atoms with Crippen LogP contribution in [-0.4, -0.2) is 25.8 Å². The van der Waals surface area contributed by atoms with Gasteiger partial charge in [-0.1, -0.05) is 48.5 Å². The molecule has 1 aliphatic heterocycles. The predicted octanol–water partition coefficient (Wildman–Crippen LogP) is 3.18. The Labute approximate surface area is 125 Å². The first-order chi connectivity index (χ1) is 10.4. The lowest BCUT2D eigenvalue weighted by Gasteiger charge is -2.26. The molecule has 2 aromatic rings. The van der Waals surface area contributed by atoms with Crippen molar-refractivity contribution in [2.75, 3.05) is 24.7 Å². The second-order valence-corrected chi connectivity index (χ2v) is 5.53. The van der Waals surface area contributed by atoms with E-state index >= 15 is 0 Å². The number of benzene rings is 2. The number of nitrogens with zero attached hydrogens (tertiary/aromatic N) is 1. The number of hydrogen-bond acceptors (Lipinski definition) is 2. The van der Waals surface area contributed by atoms with Crippen molar-refractivity contribution in [3.63, 3.8) is 0 Å². The Morgan fingerprint density at radius 3 is 2.62 bits per heavy atom. The van der Waals surface area contributed by atoms with Crippen LogP contribution in [0.15, 0.2) is 54.6 Å². The molecular weight excluding hydrogens is 263 g/mol. The fraction of sp³-hybridized carbons (Fsp3) is 0.333. The van der Waals surface area contributed by atoms with Gasteiger partial charge in [-0.25, -0.2) is 4.39 Å². The van der Waals surface area contributed by atoms with Crippen LogP contribution in [0.1, 0.15) is 11.1 Å². The summed E-state index contributed by atoms with van der Waals surface area (Å²) >= 11 is 0. The average molecular weight is 284 g/mol. The third-order valence-electron chi connectivity index (χ3n) is 4.03. The zero-order chi connectivity index (χ0) is 14.5. The van der Waals surface area contributed by atoms with Crippen molar-refractivity contribution in [2.24, 2.45) is 0 Å². The van der Waals surface area contributed by atoms with Crippen molar-refractivity contribution in [3.8, 4) is 0 Å². The van der Waals surface area contributed by atoms with Crippen LogP contribution in [0.2, 0.25) is 0 Å². The smallest absolute Gasteiger partial charge is 0.107 e. The van der Waals surface area contributed by atoms with E-state index in [1.54, 1.807) is 0 Å². The second-order valence-electron chi connectivity index (χ2n) is 5.53. The maximum absolute atomic E-state index is 12.9. The summed E-state index contributed by atoms with van der Waals surface area (Å²) in [6.07, 6.45) is 0.970. The minimum Gasteiger partial charge on any atom is -0.367 e. The molecule has 3 heteroatoms. The molecule has 2 aromatic carbocycles. The van der Waals surface area contributed by atoms with Gasteiger partial charge >= 0.3 is 0 Å². The quantitative estimate of drug-likeness (QED) is 0.927. The summed E-state index contributed by atoms with van der Waals surface area (Å²) in [7, 11) is 0. The van der Waals surface area contributed by atoms with Crippen LogP contribution >= 0.6 is 0 Å². The van der Waals surface area contributed by atoms with Gasteiger partial charge in [-0.3, -0.25) is 0 Å². The Kier molecular flexibility index (Phi) is 4.51. The second kappa shape index (κ2) is 6.72. The number of anilines is 1. The summed E-state index contributed by atoms with van der Waals surface area (Å²) in [4.78, 5) is 2.17. The molecule has 0 radical (unpaired) electrons. The van der Waals surface area contributed by atoms with E-state index in [9.17, 15) is 4.39 Å². The standard InChI is InChI=1S/C18H21FN2/c19-10-11-21-14-17(12-15-6-2-1-3-7-15)20-13-16-8-4-5-9-18(16)21/h1-9,17,20H,10-14H2. The van der Waals surface area contributed by atoms with Gasteiger partial charge in [0.2, 0.25) is 0 Å². The predicted molar refractivity (Wildman–Crippen MR) is 85.4 cm³/mol. The molecule has 1 unspecified atom stereocenters. The molecule has 0 amide bonds. The number of nitrogens with one attached hydrogen (secondary N) is 1. The molecule has 2 nitrogen and oxygen atoms in total. The highest BCUT2D eigenvalue weighted by Crippen LogP contribution is 2.24. The fourth-order valence-corrected chi connectivity index (χ4v) is 3.00. The molecule has 0 saturated carbocycles. The van der Waals surface area contributed by atoms with Gasteiger partial charge in [0, 0.05) is 31.4 Å². The lowest BCUT2D eigenvalue weighted by atomic mass is 10.1. The van der Waals surface area contributed by atoms with Crippen molar-refractivity contribution in [2.45, 2.75) is 19.0 Å². The van der Waals surface area contributed by atoms with Crippen LogP contribution in [-0.2, 0) is 13.0 Å². The topological polar surface area (TPSA) is 15.3 Å². The van der Waals surface area contributed by atoms with Crippen LogP contribution < -0.4 is 10.2 Å². The first-order valence-corrected chi connectivity index (χ1v) is 7.53. The first kappa shape index (κ1) is 14.1. The minimum absolute atomic E-state index is 0.313. The van der Waals surface area contributed by atoms with E-state index in [2.05, 4.69) is 46.6 Å². The largest absolute Gasteiger partial charge is 0.367 e. The molecule has 1 aliphatic rings. The van der Waals surface area contributed by atoms with Gasteiger partial charge in [0.1, 0.15) is 6.67 Å². The Balaban J connectivity index is 1.78. The maximum atomic E-state index is 12.9. The normalized spacial score (nSPS) is 18.1. The Bertz CT molecular complexity index is 570. The molecule has 0 aromatic heterocycles. The molecule has 110 valence electrons. The van der Waals surface area contributed by atoms with Crippen molar-refractivity contribution < 1.29 is 4.39 Å². The van der Waals surface area contributed by atoms with E-state index in [4.69, 9.17) is 0 Å². The lowest BCUT2D eigenvalue weighted by Crippen LogP contribution is -2.40. The summed E-state index contributed by atoms with van der Waals surface area (Å²) in [5, 5.41) is 3.61. The SMILES string of the molecule is FCCN1CC(Cc2ccccc2)NCc2ccccc21. The average Bonchev–Trinajstić information content (AvgIpc) is 2.69. The fourth-order valence-electron chi connectivity index (χ4n) is 3.00. The van der Waals surface area contributed by atoms with Gasteiger partial charge in [0.25, 0.3) is 0 Å². The summed E-state index contributed by atoms with van der Waals surface area (Å²) in [5.41, 5.74) is 3.74. The highest BCUT2D eigenvalue weighted by atomic mass is 19.1. The van der Waals surface area contributed by atoms with E-state index in [1.165, 1.54) is 16.8 Å². The molecule has 0 fully saturated rings. The summed E-state index contributed by atoms with van der Waals surface area (Å²) in [6.45, 7) is 1.84. The van der Waals surface area contributed by atoms with Crippen LogP contribution in [0.3, 0.4) is 0 Å². The van der Waals surface area contributed by atoms with E-state index in [0.29, 0.717) is 12.6 Å². The maximum Gasteiger partial charge on any atom is 0.107 e. The van der Waals surface area contributed by atoms with Gasteiger partial charge in [0.05, 0.1) is 0 Å².